The predicted molar refractivity (Wildman–Crippen MR) is 108 cm³/mol. The fourth-order valence-electron chi connectivity index (χ4n) is 5.79. The fraction of sp³-hybridized carbons (Fsp3) is 0.783. The van der Waals surface area contributed by atoms with Gasteiger partial charge in [0.2, 0.25) is 0 Å². The molecule has 5 aliphatic heterocycles. The topological polar surface area (TPSA) is 116 Å². The maximum Gasteiger partial charge on any atom is 0.333 e. The molecule has 0 radical (unpaired) electrons. The van der Waals surface area contributed by atoms with Crippen LogP contribution in [0, 0.1) is 17.8 Å². The van der Waals surface area contributed by atoms with Gasteiger partial charge in [0.15, 0.2) is 12.1 Å². The maximum atomic E-state index is 12.4. The molecule has 0 aliphatic carbocycles. The summed E-state index contributed by atoms with van der Waals surface area (Å²) in [7, 11) is 0. The van der Waals surface area contributed by atoms with Crippen molar-refractivity contribution >= 4 is 17.9 Å². The van der Waals surface area contributed by atoms with E-state index in [0.717, 1.165) is 0 Å². The molecule has 5 rings (SSSR count). The third kappa shape index (κ3) is 3.77. The van der Waals surface area contributed by atoms with Gasteiger partial charge in [-0.15, -0.1) is 0 Å². The van der Waals surface area contributed by atoms with E-state index in [-0.39, 0.29) is 30.0 Å². The number of cyclic esters (lactones) is 2. The Morgan fingerprint density at radius 3 is 2.30 bits per heavy atom. The van der Waals surface area contributed by atoms with Crippen LogP contribution in [0.25, 0.3) is 0 Å². The van der Waals surface area contributed by atoms with Crippen molar-refractivity contribution in [3.63, 3.8) is 0 Å². The van der Waals surface area contributed by atoms with Gasteiger partial charge in [-0.1, -0.05) is 6.58 Å². The lowest BCUT2D eigenvalue weighted by Gasteiger charge is -2.38. The highest BCUT2D eigenvalue weighted by atomic mass is 16.8. The lowest BCUT2D eigenvalue weighted by Crippen LogP contribution is -2.53. The molecule has 182 valence electrons. The van der Waals surface area contributed by atoms with E-state index in [4.69, 9.17) is 33.2 Å². The van der Waals surface area contributed by atoms with Crippen LogP contribution in [0.3, 0.4) is 0 Å². The van der Waals surface area contributed by atoms with E-state index >= 15 is 0 Å². The minimum Gasteiger partial charge on any atom is -0.465 e. The molecule has 0 amide bonds. The van der Waals surface area contributed by atoms with E-state index in [2.05, 4.69) is 6.58 Å². The molecule has 0 spiro atoms. The Labute approximate surface area is 191 Å². The van der Waals surface area contributed by atoms with E-state index in [1.807, 2.05) is 6.92 Å². The highest BCUT2D eigenvalue weighted by molar-refractivity contribution is 5.86. The molecule has 10 heteroatoms. The number of rotatable bonds is 5. The van der Waals surface area contributed by atoms with E-state index in [1.165, 1.54) is 0 Å². The largest absolute Gasteiger partial charge is 0.465 e. The second-order valence-electron chi connectivity index (χ2n) is 9.92. The summed E-state index contributed by atoms with van der Waals surface area (Å²) in [4.78, 5) is 36.6. The van der Waals surface area contributed by atoms with Gasteiger partial charge >= 0.3 is 17.9 Å². The summed E-state index contributed by atoms with van der Waals surface area (Å²) in [6.45, 7) is 9.45. The molecule has 0 aromatic rings. The van der Waals surface area contributed by atoms with Crippen molar-refractivity contribution in [2.75, 3.05) is 19.8 Å². The number of carbonyl (C=O) groups excluding carboxylic acids is 3. The van der Waals surface area contributed by atoms with Crippen LogP contribution in [0.2, 0.25) is 0 Å². The standard InChI is InChI=1S/C23H30O10/c1-11(2)18(24)29-10-15-12-9-22(3,13-5-7-27-19(13)25)31-16(12)17-21(30-15)33-23(4,32-17)14-6-8-28-20(14)26/h12-17,21H,1,5-10H2,2-4H3/t12-,13?,14?,15+,16-,17+,21+,22?,23?/m0/s1. The van der Waals surface area contributed by atoms with Crippen molar-refractivity contribution in [3.05, 3.63) is 12.2 Å². The van der Waals surface area contributed by atoms with Gasteiger partial charge in [-0.05, 0) is 33.6 Å². The van der Waals surface area contributed by atoms with E-state index in [9.17, 15) is 14.4 Å². The molecule has 5 fully saturated rings. The molecule has 5 heterocycles. The van der Waals surface area contributed by atoms with Gasteiger partial charge in [0.05, 0.1) is 30.8 Å². The van der Waals surface area contributed by atoms with Crippen molar-refractivity contribution in [1.82, 2.24) is 0 Å². The van der Waals surface area contributed by atoms with E-state index in [0.29, 0.717) is 32.5 Å². The maximum absolute atomic E-state index is 12.4. The summed E-state index contributed by atoms with van der Waals surface area (Å²) in [6.07, 6.45) is -0.898. The van der Waals surface area contributed by atoms with E-state index in [1.54, 1.807) is 13.8 Å². The van der Waals surface area contributed by atoms with Gasteiger partial charge < -0.3 is 33.2 Å². The predicted octanol–water partition coefficient (Wildman–Crippen LogP) is 1.25. The summed E-state index contributed by atoms with van der Waals surface area (Å²) in [5.41, 5.74) is -0.499. The summed E-state index contributed by atoms with van der Waals surface area (Å²) in [5, 5.41) is 0. The molecule has 10 nitrogen and oxygen atoms in total. The SMILES string of the molecule is C=C(C)C(=O)OC[C@H]1O[C@@H]2OC(C)(C3CCOC3=O)O[C@@H]2[C@H]2OC(C)(C3CCOC3=O)C[C@H]21. The molecule has 5 aliphatic rings. The molecule has 0 aromatic carbocycles. The normalized spacial score (nSPS) is 46.5. The van der Waals surface area contributed by atoms with Crippen LogP contribution in [-0.4, -0.2) is 73.7 Å². The van der Waals surface area contributed by atoms with Gasteiger partial charge in [-0.25, -0.2) is 4.79 Å². The Bertz CT molecular complexity index is 871. The van der Waals surface area contributed by atoms with Crippen molar-refractivity contribution in [2.24, 2.45) is 17.8 Å². The van der Waals surface area contributed by atoms with Crippen LogP contribution < -0.4 is 0 Å². The summed E-state index contributed by atoms with van der Waals surface area (Å²) < 4.78 is 40.9. The quantitative estimate of drug-likeness (QED) is 0.333. The Balaban J connectivity index is 1.40. The number of esters is 3. The third-order valence-electron chi connectivity index (χ3n) is 7.54. The van der Waals surface area contributed by atoms with Gasteiger partial charge in [-0.3, -0.25) is 9.59 Å². The zero-order valence-corrected chi connectivity index (χ0v) is 19.1. The Morgan fingerprint density at radius 1 is 1.03 bits per heavy atom. The number of hydrogen-bond donors (Lipinski definition) is 0. The average molecular weight is 466 g/mol. The Morgan fingerprint density at radius 2 is 1.70 bits per heavy atom. The van der Waals surface area contributed by atoms with Gasteiger partial charge in [-0.2, -0.15) is 0 Å². The van der Waals surface area contributed by atoms with Crippen LogP contribution >= 0.6 is 0 Å². The van der Waals surface area contributed by atoms with Crippen LogP contribution in [0.5, 0.6) is 0 Å². The first-order valence-electron chi connectivity index (χ1n) is 11.5. The molecule has 0 saturated carbocycles. The van der Waals surface area contributed by atoms with Crippen LogP contribution in [0.4, 0.5) is 0 Å². The van der Waals surface area contributed by atoms with Gasteiger partial charge in [0, 0.05) is 17.9 Å². The Hall–Kier alpha value is -2.01. The smallest absolute Gasteiger partial charge is 0.333 e. The van der Waals surface area contributed by atoms with Crippen molar-refractivity contribution in [2.45, 2.75) is 76.0 Å². The average Bonchev–Trinajstić information content (AvgIpc) is 3.51. The second kappa shape index (κ2) is 8.04. The van der Waals surface area contributed by atoms with Gasteiger partial charge in [0.25, 0.3) is 0 Å². The molecule has 4 unspecified atom stereocenters. The first kappa shape index (κ1) is 22.8. The van der Waals surface area contributed by atoms with Gasteiger partial charge in [0.1, 0.15) is 24.7 Å². The van der Waals surface area contributed by atoms with Crippen LogP contribution in [-0.2, 0) is 47.5 Å². The molecule has 0 aromatic heterocycles. The molecule has 33 heavy (non-hydrogen) atoms. The highest BCUT2D eigenvalue weighted by Crippen LogP contribution is 2.53. The van der Waals surface area contributed by atoms with Crippen molar-refractivity contribution in [1.29, 1.82) is 0 Å². The first-order valence-corrected chi connectivity index (χ1v) is 11.5. The molecule has 5 saturated heterocycles. The third-order valence-corrected chi connectivity index (χ3v) is 7.54. The zero-order chi connectivity index (χ0) is 23.5. The number of fused-ring (bicyclic) bond motifs is 3. The second-order valence-corrected chi connectivity index (χ2v) is 9.92. The highest BCUT2D eigenvalue weighted by Gasteiger charge is 2.65. The monoisotopic (exact) mass is 466 g/mol. The number of ether oxygens (including phenoxy) is 7. The van der Waals surface area contributed by atoms with Crippen molar-refractivity contribution < 1.29 is 47.5 Å². The zero-order valence-electron chi connectivity index (χ0n) is 19.1. The summed E-state index contributed by atoms with van der Waals surface area (Å²) in [5.74, 6) is -3.59. The molecular formula is C23H30O10. The summed E-state index contributed by atoms with van der Waals surface area (Å²) >= 11 is 0. The molecule has 9 atom stereocenters. The minimum atomic E-state index is -1.23. The van der Waals surface area contributed by atoms with Crippen molar-refractivity contribution in [3.8, 4) is 0 Å². The fourth-order valence-corrected chi connectivity index (χ4v) is 5.79. The molecular weight excluding hydrogens is 436 g/mol. The Kier molecular flexibility index (Phi) is 5.55. The number of carbonyl (C=O) groups is 3. The summed E-state index contributed by atoms with van der Waals surface area (Å²) in [6, 6.07) is 0. The van der Waals surface area contributed by atoms with Crippen LogP contribution in [0.15, 0.2) is 12.2 Å². The first-order chi connectivity index (χ1) is 15.6. The molecule has 0 N–H and O–H groups in total. The lowest BCUT2D eigenvalue weighted by atomic mass is 9.79. The number of hydrogen-bond acceptors (Lipinski definition) is 10. The minimum absolute atomic E-state index is 0.0177. The molecule has 0 bridgehead atoms. The lowest BCUT2D eigenvalue weighted by molar-refractivity contribution is -0.249. The van der Waals surface area contributed by atoms with Crippen LogP contribution in [0.1, 0.15) is 40.0 Å². The van der Waals surface area contributed by atoms with E-state index < -0.39 is 53.8 Å².